The standard InChI is InChI=1S/C29H27FN2O6/c30-22-11-9-20(10-12-22)15-31(16-21-19-38-25-7-2-1-6-24(25)28(21)34)27(33)18-32(17-23-5-3-13-36-23)29(35)26-8-4-14-37-26/h1-2,4,6-12,14,19,23H,3,5,13,15-18H2. The van der Waals surface area contributed by atoms with Gasteiger partial charge in [-0.3, -0.25) is 14.4 Å². The van der Waals surface area contributed by atoms with Gasteiger partial charge in [0.2, 0.25) is 5.91 Å². The number of para-hydroxylation sites is 1. The van der Waals surface area contributed by atoms with Crippen molar-refractivity contribution in [1.82, 2.24) is 9.80 Å². The Labute approximate surface area is 218 Å². The number of amides is 2. The number of carbonyl (C=O) groups is 2. The van der Waals surface area contributed by atoms with Gasteiger partial charge >= 0.3 is 0 Å². The summed E-state index contributed by atoms with van der Waals surface area (Å²) in [5.41, 5.74) is 1.17. The molecule has 2 amide bonds. The molecule has 0 spiro atoms. The Hall–Kier alpha value is -4.24. The van der Waals surface area contributed by atoms with Crippen molar-refractivity contribution in [3.8, 4) is 0 Å². The molecule has 5 rings (SSSR count). The van der Waals surface area contributed by atoms with Crippen LogP contribution in [-0.4, -0.2) is 47.4 Å². The average molecular weight is 519 g/mol. The lowest BCUT2D eigenvalue weighted by Crippen LogP contribution is -2.45. The molecule has 0 N–H and O–H groups in total. The number of nitrogens with zero attached hydrogens (tertiary/aromatic N) is 2. The molecule has 1 unspecified atom stereocenters. The lowest BCUT2D eigenvalue weighted by molar-refractivity contribution is -0.133. The molecule has 0 saturated carbocycles. The number of halogens is 1. The fourth-order valence-corrected chi connectivity index (χ4v) is 4.55. The van der Waals surface area contributed by atoms with E-state index in [9.17, 15) is 18.8 Å². The summed E-state index contributed by atoms with van der Waals surface area (Å²) < 4.78 is 30.2. The Morgan fingerprint density at radius 3 is 2.50 bits per heavy atom. The highest BCUT2D eigenvalue weighted by Gasteiger charge is 2.28. The Morgan fingerprint density at radius 1 is 0.947 bits per heavy atom. The summed E-state index contributed by atoms with van der Waals surface area (Å²) in [5.74, 6) is -1.09. The second-order valence-electron chi connectivity index (χ2n) is 9.26. The smallest absolute Gasteiger partial charge is 0.290 e. The maximum absolute atomic E-state index is 13.7. The summed E-state index contributed by atoms with van der Waals surface area (Å²) in [7, 11) is 0. The minimum atomic E-state index is -0.425. The molecule has 2 aromatic carbocycles. The van der Waals surface area contributed by atoms with Crippen LogP contribution >= 0.6 is 0 Å². The van der Waals surface area contributed by atoms with Gasteiger partial charge in [0.25, 0.3) is 5.91 Å². The summed E-state index contributed by atoms with van der Waals surface area (Å²) in [4.78, 5) is 42.9. The highest BCUT2D eigenvalue weighted by molar-refractivity contribution is 5.94. The fraction of sp³-hybridized carbons (Fsp3) is 0.276. The Bertz CT molecular complexity index is 1460. The topological polar surface area (TPSA) is 93.2 Å². The zero-order chi connectivity index (χ0) is 26.5. The molecule has 1 saturated heterocycles. The number of hydrogen-bond donors (Lipinski definition) is 0. The molecule has 1 aliphatic rings. The zero-order valence-electron chi connectivity index (χ0n) is 20.7. The molecular weight excluding hydrogens is 491 g/mol. The van der Waals surface area contributed by atoms with E-state index in [-0.39, 0.29) is 49.4 Å². The van der Waals surface area contributed by atoms with Gasteiger partial charge in [-0.05, 0) is 54.8 Å². The summed E-state index contributed by atoms with van der Waals surface area (Å²) in [6, 6.07) is 15.8. The van der Waals surface area contributed by atoms with Crippen LogP contribution in [0.2, 0.25) is 0 Å². The van der Waals surface area contributed by atoms with E-state index in [2.05, 4.69) is 0 Å². The van der Waals surface area contributed by atoms with Crippen molar-refractivity contribution in [3.63, 3.8) is 0 Å². The number of hydrogen-bond acceptors (Lipinski definition) is 6. The molecule has 3 heterocycles. The van der Waals surface area contributed by atoms with Crippen LogP contribution in [0, 0.1) is 5.82 Å². The van der Waals surface area contributed by atoms with Gasteiger partial charge < -0.3 is 23.4 Å². The highest BCUT2D eigenvalue weighted by Crippen LogP contribution is 2.18. The number of carbonyl (C=O) groups excluding carboxylic acids is 2. The van der Waals surface area contributed by atoms with Crippen molar-refractivity contribution in [2.45, 2.75) is 32.0 Å². The molecule has 4 aromatic rings. The van der Waals surface area contributed by atoms with E-state index in [1.165, 1.54) is 34.5 Å². The largest absolute Gasteiger partial charge is 0.464 e. The van der Waals surface area contributed by atoms with E-state index in [1.54, 1.807) is 48.5 Å². The molecule has 0 aliphatic carbocycles. The number of furan rings is 1. The Balaban J connectivity index is 1.42. The average Bonchev–Trinajstić information content (AvgIpc) is 3.65. The third-order valence-electron chi connectivity index (χ3n) is 6.55. The van der Waals surface area contributed by atoms with E-state index in [0.29, 0.717) is 28.7 Å². The van der Waals surface area contributed by atoms with Gasteiger partial charge in [-0.15, -0.1) is 0 Å². The van der Waals surface area contributed by atoms with Crippen molar-refractivity contribution < 1.29 is 27.6 Å². The normalized spacial score (nSPS) is 15.0. The van der Waals surface area contributed by atoms with Crippen LogP contribution in [0.15, 0.2) is 86.8 Å². The molecule has 8 nitrogen and oxygen atoms in total. The monoisotopic (exact) mass is 518 g/mol. The van der Waals surface area contributed by atoms with Crippen molar-refractivity contribution in [3.05, 3.63) is 106 Å². The molecule has 0 bridgehead atoms. The maximum Gasteiger partial charge on any atom is 0.290 e. The van der Waals surface area contributed by atoms with Crippen LogP contribution in [-0.2, 0) is 22.6 Å². The van der Waals surface area contributed by atoms with E-state index in [0.717, 1.165) is 12.8 Å². The van der Waals surface area contributed by atoms with Gasteiger partial charge in [0.15, 0.2) is 11.2 Å². The number of rotatable bonds is 9. The molecule has 1 aliphatic heterocycles. The third-order valence-corrected chi connectivity index (χ3v) is 6.55. The van der Waals surface area contributed by atoms with E-state index in [4.69, 9.17) is 13.6 Å². The molecule has 1 fully saturated rings. The quantitative estimate of drug-likeness (QED) is 0.327. The summed E-state index contributed by atoms with van der Waals surface area (Å²) in [6.45, 7) is 0.642. The SMILES string of the molecule is O=C(CN(CC1CCCO1)C(=O)c1ccco1)N(Cc1ccc(F)cc1)Cc1coc2ccccc2c1=O. The van der Waals surface area contributed by atoms with Gasteiger partial charge in [0.05, 0.1) is 36.1 Å². The molecule has 196 valence electrons. The maximum atomic E-state index is 13.7. The van der Waals surface area contributed by atoms with Gasteiger partial charge in [-0.25, -0.2) is 4.39 Å². The van der Waals surface area contributed by atoms with Crippen LogP contribution < -0.4 is 5.43 Å². The first-order valence-electron chi connectivity index (χ1n) is 12.4. The highest BCUT2D eigenvalue weighted by atomic mass is 19.1. The molecule has 38 heavy (non-hydrogen) atoms. The summed E-state index contributed by atoms with van der Waals surface area (Å²) in [6.07, 6.45) is 4.25. The van der Waals surface area contributed by atoms with Crippen molar-refractivity contribution in [1.29, 1.82) is 0 Å². The number of benzene rings is 2. The predicted molar refractivity (Wildman–Crippen MR) is 137 cm³/mol. The minimum absolute atomic E-state index is 0.0495. The minimum Gasteiger partial charge on any atom is -0.464 e. The second kappa shape index (κ2) is 11.4. The van der Waals surface area contributed by atoms with Gasteiger partial charge in [-0.1, -0.05) is 24.3 Å². The third kappa shape index (κ3) is 5.84. The van der Waals surface area contributed by atoms with E-state index in [1.807, 2.05) is 0 Å². The van der Waals surface area contributed by atoms with E-state index >= 15 is 0 Å². The second-order valence-corrected chi connectivity index (χ2v) is 9.26. The van der Waals surface area contributed by atoms with Gasteiger partial charge in [0.1, 0.15) is 17.9 Å². The van der Waals surface area contributed by atoms with E-state index < -0.39 is 11.7 Å². The lowest BCUT2D eigenvalue weighted by Gasteiger charge is -2.28. The zero-order valence-corrected chi connectivity index (χ0v) is 20.7. The molecule has 2 aromatic heterocycles. The number of ether oxygens (including phenoxy) is 1. The molecular formula is C29H27FN2O6. The van der Waals surface area contributed by atoms with Crippen LogP contribution in [0.25, 0.3) is 11.0 Å². The lowest BCUT2D eigenvalue weighted by atomic mass is 10.1. The first-order chi connectivity index (χ1) is 18.5. The molecule has 9 heteroatoms. The summed E-state index contributed by atoms with van der Waals surface area (Å²) in [5, 5.41) is 0.409. The van der Waals surface area contributed by atoms with Crippen LogP contribution in [0.1, 0.15) is 34.5 Å². The Kier molecular flexibility index (Phi) is 7.65. The first kappa shape index (κ1) is 25.4. The van der Waals surface area contributed by atoms with Crippen molar-refractivity contribution >= 4 is 22.8 Å². The van der Waals surface area contributed by atoms with Gasteiger partial charge in [-0.2, -0.15) is 0 Å². The van der Waals surface area contributed by atoms with Crippen LogP contribution in [0.3, 0.4) is 0 Å². The fourth-order valence-electron chi connectivity index (χ4n) is 4.55. The predicted octanol–water partition coefficient (Wildman–Crippen LogP) is 4.38. The molecule has 1 atom stereocenters. The molecule has 0 radical (unpaired) electrons. The number of fused-ring (bicyclic) bond motifs is 1. The van der Waals surface area contributed by atoms with Crippen LogP contribution in [0.4, 0.5) is 4.39 Å². The summed E-state index contributed by atoms with van der Waals surface area (Å²) >= 11 is 0. The first-order valence-corrected chi connectivity index (χ1v) is 12.4. The van der Waals surface area contributed by atoms with Crippen molar-refractivity contribution in [2.75, 3.05) is 19.7 Å². The van der Waals surface area contributed by atoms with Crippen LogP contribution in [0.5, 0.6) is 0 Å². The van der Waals surface area contributed by atoms with Gasteiger partial charge in [0, 0.05) is 19.7 Å². The van der Waals surface area contributed by atoms with Crippen molar-refractivity contribution in [2.24, 2.45) is 0 Å². The Morgan fingerprint density at radius 2 is 1.76 bits per heavy atom.